The van der Waals surface area contributed by atoms with Gasteiger partial charge in [-0.3, -0.25) is 4.79 Å². The molecule has 1 aromatic rings. The molecule has 1 saturated heterocycles. The van der Waals surface area contributed by atoms with Crippen LogP contribution in [-0.2, 0) is 16.1 Å². The Morgan fingerprint density at radius 2 is 1.90 bits per heavy atom. The molecule has 0 unspecified atom stereocenters. The monoisotopic (exact) mass is 291 g/mol. The molecule has 0 radical (unpaired) electrons. The zero-order chi connectivity index (χ0) is 15.1. The smallest absolute Gasteiger partial charge is 0.407 e. The third kappa shape index (κ3) is 5.07. The van der Waals surface area contributed by atoms with E-state index < -0.39 is 6.09 Å². The van der Waals surface area contributed by atoms with Gasteiger partial charge in [-0.05, 0) is 18.4 Å². The van der Waals surface area contributed by atoms with E-state index in [1.165, 1.54) is 0 Å². The van der Waals surface area contributed by atoms with Gasteiger partial charge in [0.05, 0.1) is 0 Å². The quantitative estimate of drug-likeness (QED) is 0.862. The van der Waals surface area contributed by atoms with Crippen molar-refractivity contribution in [2.45, 2.75) is 25.5 Å². The summed E-state index contributed by atoms with van der Waals surface area (Å²) in [6.45, 7) is 1.46. The van der Waals surface area contributed by atoms with Gasteiger partial charge in [-0.25, -0.2) is 4.79 Å². The summed E-state index contributed by atoms with van der Waals surface area (Å²) >= 11 is 0. The van der Waals surface area contributed by atoms with Crippen molar-refractivity contribution >= 4 is 12.0 Å². The first-order valence-corrected chi connectivity index (χ1v) is 7.13. The zero-order valence-corrected chi connectivity index (χ0v) is 12.0. The standard InChI is InChI=1S/C15H21N3O3/c16-13-6-8-18(9-7-13)14(19)10-17-15(20)21-11-12-4-2-1-3-5-12/h1-5,13H,6-11,16H2,(H,17,20). The zero-order valence-electron chi connectivity index (χ0n) is 12.0. The van der Waals surface area contributed by atoms with Gasteiger partial charge in [-0.2, -0.15) is 0 Å². The molecule has 6 nitrogen and oxygen atoms in total. The van der Waals surface area contributed by atoms with Crippen molar-refractivity contribution in [2.24, 2.45) is 5.73 Å². The molecule has 1 heterocycles. The van der Waals surface area contributed by atoms with Crippen molar-refractivity contribution in [3.63, 3.8) is 0 Å². The van der Waals surface area contributed by atoms with E-state index in [-0.39, 0.29) is 25.1 Å². The van der Waals surface area contributed by atoms with Crippen LogP contribution >= 0.6 is 0 Å². The fraction of sp³-hybridized carbons (Fsp3) is 0.467. The molecule has 1 aliphatic heterocycles. The van der Waals surface area contributed by atoms with Gasteiger partial charge < -0.3 is 20.7 Å². The van der Waals surface area contributed by atoms with Gasteiger partial charge in [0.1, 0.15) is 13.2 Å². The summed E-state index contributed by atoms with van der Waals surface area (Å²) in [5.74, 6) is -0.0986. The van der Waals surface area contributed by atoms with E-state index in [9.17, 15) is 9.59 Å². The van der Waals surface area contributed by atoms with Gasteiger partial charge in [-0.1, -0.05) is 30.3 Å². The van der Waals surface area contributed by atoms with Gasteiger partial charge in [0, 0.05) is 19.1 Å². The van der Waals surface area contributed by atoms with Crippen LogP contribution in [-0.4, -0.2) is 42.6 Å². The van der Waals surface area contributed by atoms with Gasteiger partial charge in [0.15, 0.2) is 0 Å². The average molecular weight is 291 g/mol. The van der Waals surface area contributed by atoms with E-state index in [2.05, 4.69) is 5.32 Å². The Hall–Kier alpha value is -2.08. The van der Waals surface area contributed by atoms with Crippen molar-refractivity contribution in [3.05, 3.63) is 35.9 Å². The number of ether oxygens (including phenoxy) is 1. The Bertz CT molecular complexity index is 470. The SMILES string of the molecule is NC1CCN(C(=O)CNC(=O)OCc2ccccc2)CC1. The fourth-order valence-electron chi connectivity index (χ4n) is 2.18. The van der Waals surface area contributed by atoms with Crippen LogP contribution in [0.4, 0.5) is 4.79 Å². The number of nitrogens with two attached hydrogens (primary N) is 1. The number of nitrogens with zero attached hydrogens (tertiary/aromatic N) is 1. The number of piperidine rings is 1. The number of benzene rings is 1. The molecule has 6 heteroatoms. The second-order valence-electron chi connectivity index (χ2n) is 5.13. The minimum atomic E-state index is -0.582. The Labute approximate surface area is 124 Å². The summed E-state index contributed by atoms with van der Waals surface area (Å²) in [5, 5.41) is 2.48. The number of alkyl carbamates (subject to hydrolysis) is 1. The molecule has 21 heavy (non-hydrogen) atoms. The molecule has 0 atom stereocenters. The summed E-state index contributed by atoms with van der Waals surface area (Å²) in [7, 11) is 0. The van der Waals surface area contributed by atoms with Gasteiger partial charge in [0.2, 0.25) is 5.91 Å². The van der Waals surface area contributed by atoms with Crippen molar-refractivity contribution < 1.29 is 14.3 Å². The van der Waals surface area contributed by atoms with Crippen molar-refractivity contribution in [1.29, 1.82) is 0 Å². The number of hydrogen-bond acceptors (Lipinski definition) is 4. The van der Waals surface area contributed by atoms with Crippen LogP contribution in [0.1, 0.15) is 18.4 Å². The molecule has 114 valence electrons. The Balaban J connectivity index is 1.65. The molecule has 1 aromatic carbocycles. The lowest BCUT2D eigenvalue weighted by atomic mass is 10.1. The third-order valence-corrected chi connectivity index (χ3v) is 3.49. The number of carbonyl (C=O) groups is 2. The number of carbonyl (C=O) groups excluding carboxylic acids is 2. The number of amides is 2. The molecule has 0 aliphatic carbocycles. The topological polar surface area (TPSA) is 84.7 Å². The van der Waals surface area contributed by atoms with Crippen LogP contribution in [0.25, 0.3) is 0 Å². The Morgan fingerprint density at radius 3 is 2.57 bits per heavy atom. The first kappa shape index (κ1) is 15.3. The van der Waals surface area contributed by atoms with Crippen LogP contribution in [0.15, 0.2) is 30.3 Å². The number of likely N-dealkylation sites (tertiary alicyclic amines) is 1. The Morgan fingerprint density at radius 1 is 1.24 bits per heavy atom. The summed E-state index contributed by atoms with van der Waals surface area (Å²) in [5.41, 5.74) is 6.69. The first-order valence-electron chi connectivity index (χ1n) is 7.13. The summed E-state index contributed by atoms with van der Waals surface area (Å²) in [6, 6.07) is 9.57. The van der Waals surface area contributed by atoms with E-state index in [0.717, 1.165) is 18.4 Å². The van der Waals surface area contributed by atoms with Crippen molar-refractivity contribution in [1.82, 2.24) is 10.2 Å². The highest BCUT2D eigenvalue weighted by Crippen LogP contribution is 2.07. The maximum atomic E-state index is 11.9. The molecule has 0 saturated carbocycles. The lowest BCUT2D eigenvalue weighted by molar-refractivity contribution is -0.131. The summed E-state index contributed by atoms with van der Waals surface area (Å²) < 4.78 is 5.04. The molecule has 3 N–H and O–H groups in total. The van der Waals surface area contributed by atoms with Crippen LogP contribution in [0.3, 0.4) is 0 Å². The van der Waals surface area contributed by atoms with Crippen LogP contribution < -0.4 is 11.1 Å². The molecule has 1 aliphatic rings. The van der Waals surface area contributed by atoms with E-state index in [4.69, 9.17) is 10.5 Å². The molecule has 0 spiro atoms. The number of nitrogens with one attached hydrogen (secondary N) is 1. The number of hydrogen-bond donors (Lipinski definition) is 2. The molecule has 2 amide bonds. The van der Waals surface area contributed by atoms with Crippen LogP contribution in [0, 0.1) is 0 Å². The summed E-state index contributed by atoms with van der Waals surface area (Å²) in [6.07, 6.45) is 1.04. The lowest BCUT2D eigenvalue weighted by Crippen LogP contribution is -2.46. The highest BCUT2D eigenvalue weighted by atomic mass is 16.5. The molecule has 1 fully saturated rings. The number of rotatable bonds is 4. The second-order valence-corrected chi connectivity index (χ2v) is 5.13. The van der Waals surface area contributed by atoms with E-state index in [0.29, 0.717) is 13.1 Å². The van der Waals surface area contributed by atoms with Gasteiger partial charge in [-0.15, -0.1) is 0 Å². The first-order chi connectivity index (χ1) is 10.1. The summed E-state index contributed by atoms with van der Waals surface area (Å²) in [4.78, 5) is 25.2. The Kier molecular flexibility index (Phi) is 5.57. The molecular formula is C15H21N3O3. The molecule has 2 rings (SSSR count). The third-order valence-electron chi connectivity index (χ3n) is 3.49. The van der Waals surface area contributed by atoms with Crippen molar-refractivity contribution in [3.8, 4) is 0 Å². The highest BCUT2D eigenvalue weighted by Gasteiger charge is 2.20. The molecule has 0 bridgehead atoms. The van der Waals surface area contributed by atoms with Crippen LogP contribution in [0.5, 0.6) is 0 Å². The van der Waals surface area contributed by atoms with E-state index >= 15 is 0 Å². The maximum absolute atomic E-state index is 11.9. The second kappa shape index (κ2) is 7.64. The van der Waals surface area contributed by atoms with E-state index in [1.807, 2.05) is 30.3 Å². The highest BCUT2D eigenvalue weighted by molar-refractivity contribution is 5.82. The molecule has 0 aromatic heterocycles. The van der Waals surface area contributed by atoms with Gasteiger partial charge >= 0.3 is 6.09 Å². The average Bonchev–Trinajstić information content (AvgIpc) is 2.52. The molecular weight excluding hydrogens is 270 g/mol. The normalized spacial score (nSPS) is 15.6. The largest absolute Gasteiger partial charge is 0.445 e. The predicted molar refractivity (Wildman–Crippen MR) is 78.4 cm³/mol. The minimum Gasteiger partial charge on any atom is -0.445 e. The fourth-order valence-corrected chi connectivity index (χ4v) is 2.18. The van der Waals surface area contributed by atoms with Gasteiger partial charge in [0.25, 0.3) is 0 Å². The maximum Gasteiger partial charge on any atom is 0.407 e. The predicted octanol–water partition coefficient (Wildman–Crippen LogP) is 0.863. The minimum absolute atomic E-state index is 0.0388. The lowest BCUT2D eigenvalue weighted by Gasteiger charge is -2.30. The van der Waals surface area contributed by atoms with Crippen molar-refractivity contribution in [2.75, 3.05) is 19.6 Å². The van der Waals surface area contributed by atoms with E-state index in [1.54, 1.807) is 4.90 Å². The van der Waals surface area contributed by atoms with Crippen LogP contribution in [0.2, 0.25) is 0 Å².